The predicted octanol–water partition coefficient (Wildman–Crippen LogP) is 4.99. The molecule has 0 aliphatic heterocycles. The summed E-state index contributed by atoms with van der Waals surface area (Å²) < 4.78 is 7.78. The third-order valence-electron chi connectivity index (χ3n) is 4.99. The van der Waals surface area contributed by atoms with Gasteiger partial charge in [0.05, 0.1) is 6.54 Å². The first-order valence-corrected chi connectivity index (χ1v) is 10.6. The van der Waals surface area contributed by atoms with Crippen molar-refractivity contribution in [1.82, 2.24) is 14.5 Å². The minimum Gasteiger partial charge on any atom is -0.458 e. The van der Waals surface area contributed by atoms with Crippen molar-refractivity contribution in [3.05, 3.63) is 57.2 Å². The van der Waals surface area contributed by atoms with Crippen LogP contribution in [0.4, 0.5) is 0 Å². The van der Waals surface area contributed by atoms with Gasteiger partial charge in [0.25, 0.3) is 0 Å². The van der Waals surface area contributed by atoms with Crippen LogP contribution in [0, 0.1) is 13.8 Å². The van der Waals surface area contributed by atoms with Crippen molar-refractivity contribution in [2.24, 2.45) is 0 Å². The molecule has 4 rings (SSSR count). The fraction of sp³-hybridized carbons (Fsp3) is 0.409. The second kappa shape index (κ2) is 7.87. The summed E-state index contributed by atoms with van der Waals surface area (Å²) in [4.78, 5) is 23.8. The molecular formula is C22H25N3O2S. The molecule has 1 aliphatic carbocycles. The number of carbonyl (C=O) groups is 1. The summed E-state index contributed by atoms with van der Waals surface area (Å²) in [5.41, 5.74) is 4.04. The molecule has 28 heavy (non-hydrogen) atoms. The summed E-state index contributed by atoms with van der Waals surface area (Å²) in [6, 6.07) is 5.96. The van der Waals surface area contributed by atoms with Gasteiger partial charge in [0.2, 0.25) is 0 Å². The lowest BCUT2D eigenvalue weighted by molar-refractivity contribution is 0.0336. The van der Waals surface area contributed by atoms with E-state index in [9.17, 15) is 4.79 Å². The summed E-state index contributed by atoms with van der Waals surface area (Å²) in [7, 11) is 0. The molecule has 0 atom stereocenters. The second-order valence-electron chi connectivity index (χ2n) is 7.35. The van der Waals surface area contributed by atoms with Crippen LogP contribution in [0.5, 0.6) is 0 Å². The normalized spacial score (nSPS) is 14.2. The Balaban J connectivity index is 1.60. The summed E-state index contributed by atoms with van der Waals surface area (Å²) in [5, 5.41) is 0. The number of ether oxygens (including phenoxy) is 1. The van der Waals surface area contributed by atoms with E-state index >= 15 is 0 Å². The maximum atomic E-state index is 12.4. The number of fused-ring (bicyclic) bond motifs is 1. The van der Waals surface area contributed by atoms with Crippen molar-refractivity contribution in [2.45, 2.75) is 59.1 Å². The first kappa shape index (κ1) is 18.9. The van der Waals surface area contributed by atoms with Crippen molar-refractivity contribution in [3.63, 3.8) is 0 Å². The summed E-state index contributed by atoms with van der Waals surface area (Å²) in [5.74, 6) is 0.826. The summed E-state index contributed by atoms with van der Waals surface area (Å²) in [6.45, 7) is 6.93. The van der Waals surface area contributed by atoms with E-state index in [0.717, 1.165) is 58.8 Å². The number of thiophene rings is 1. The number of hydrogen-bond donors (Lipinski definition) is 0. The van der Waals surface area contributed by atoms with Gasteiger partial charge in [-0.1, -0.05) is 19.1 Å². The molecule has 146 valence electrons. The molecule has 0 fully saturated rings. The third kappa shape index (κ3) is 3.74. The molecular weight excluding hydrogens is 370 g/mol. The van der Waals surface area contributed by atoms with Gasteiger partial charge in [-0.05, 0) is 44.0 Å². The zero-order chi connectivity index (χ0) is 19.7. The van der Waals surface area contributed by atoms with E-state index in [1.807, 2.05) is 19.1 Å². The first-order chi connectivity index (χ1) is 13.5. The molecule has 3 aromatic heterocycles. The monoisotopic (exact) mass is 395 g/mol. The lowest BCUT2D eigenvalue weighted by atomic mass is 10.2. The van der Waals surface area contributed by atoms with Crippen LogP contribution in [0.25, 0.3) is 11.2 Å². The molecule has 0 amide bonds. The van der Waals surface area contributed by atoms with E-state index in [4.69, 9.17) is 14.7 Å². The lowest BCUT2D eigenvalue weighted by Crippen LogP contribution is -2.14. The molecule has 0 N–H and O–H groups in total. The molecule has 0 bridgehead atoms. The van der Waals surface area contributed by atoms with Crippen molar-refractivity contribution in [1.29, 1.82) is 0 Å². The maximum absolute atomic E-state index is 12.4. The molecule has 1 aliphatic rings. The number of carbonyl (C=O) groups excluding carboxylic acids is 1. The number of esters is 1. The zero-order valence-electron chi connectivity index (χ0n) is 16.6. The van der Waals surface area contributed by atoms with Crippen LogP contribution in [0.1, 0.15) is 57.8 Å². The maximum Gasteiger partial charge on any atom is 0.348 e. The summed E-state index contributed by atoms with van der Waals surface area (Å²) >= 11 is 1.49. The number of aromatic nitrogens is 3. The van der Waals surface area contributed by atoms with Crippen LogP contribution in [0.15, 0.2) is 30.4 Å². The van der Waals surface area contributed by atoms with Crippen molar-refractivity contribution < 1.29 is 9.53 Å². The van der Waals surface area contributed by atoms with Crippen LogP contribution < -0.4 is 0 Å². The van der Waals surface area contributed by atoms with E-state index < -0.39 is 0 Å². The zero-order valence-corrected chi connectivity index (χ0v) is 17.4. The topological polar surface area (TPSA) is 57.0 Å². The molecule has 0 radical (unpaired) electrons. The van der Waals surface area contributed by atoms with Crippen molar-refractivity contribution >= 4 is 28.5 Å². The van der Waals surface area contributed by atoms with Gasteiger partial charge in [0, 0.05) is 29.8 Å². The number of pyridine rings is 1. The molecule has 0 saturated carbocycles. The molecule has 6 heteroatoms. The first-order valence-electron chi connectivity index (χ1n) is 9.83. The Morgan fingerprint density at radius 2 is 2.04 bits per heavy atom. The minimum atomic E-state index is -0.223. The van der Waals surface area contributed by atoms with E-state index in [0.29, 0.717) is 11.4 Å². The van der Waals surface area contributed by atoms with Gasteiger partial charge >= 0.3 is 5.97 Å². The van der Waals surface area contributed by atoms with Crippen molar-refractivity contribution in [3.8, 4) is 0 Å². The van der Waals surface area contributed by atoms with Crippen molar-refractivity contribution in [2.75, 3.05) is 0 Å². The number of hydrogen-bond acceptors (Lipinski definition) is 5. The van der Waals surface area contributed by atoms with E-state index in [1.165, 1.54) is 11.3 Å². The highest BCUT2D eigenvalue weighted by Crippen LogP contribution is 2.25. The number of nitrogens with zero attached hydrogens (tertiary/aromatic N) is 3. The number of imidazole rings is 1. The largest absolute Gasteiger partial charge is 0.458 e. The SMILES string of the molecule is CCCc1nc2c(C)cc(C)nc2n1Cc1ccc(C(=O)OC2CC=CC2)s1. The minimum absolute atomic E-state index is 0.0121. The standard InChI is InChI=1S/C22H25N3O2S/c1-4-7-19-24-20-14(2)12-15(3)23-21(20)25(19)13-17-10-11-18(28-17)22(26)27-16-8-5-6-9-16/h5-6,10-12,16H,4,7-9,13H2,1-3H3. The van der Waals surface area contributed by atoms with Gasteiger partial charge in [-0.25, -0.2) is 14.8 Å². The fourth-order valence-corrected chi connectivity index (χ4v) is 4.54. The predicted molar refractivity (Wildman–Crippen MR) is 112 cm³/mol. The molecule has 3 aromatic rings. The van der Waals surface area contributed by atoms with Gasteiger partial charge in [-0.2, -0.15) is 0 Å². The van der Waals surface area contributed by atoms with Gasteiger partial charge in [-0.15, -0.1) is 11.3 Å². The second-order valence-corrected chi connectivity index (χ2v) is 8.52. The number of rotatable bonds is 6. The van der Waals surface area contributed by atoms with Gasteiger partial charge < -0.3 is 9.30 Å². The Kier molecular flexibility index (Phi) is 5.31. The highest BCUT2D eigenvalue weighted by molar-refractivity contribution is 7.13. The van der Waals surface area contributed by atoms with E-state index in [2.05, 4.69) is 36.6 Å². The van der Waals surface area contributed by atoms with Gasteiger partial charge in [0.15, 0.2) is 5.65 Å². The Bertz CT molecular complexity index is 1040. The number of aryl methyl sites for hydroxylation is 3. The quantitative estimate of drug-likeness (QED) is 0.436. The molecule has 3 heterocycles. The average molecular weight is 396 g/mol. The molecule has 0 saturated heterocycles. The molecule has 0 spiro atoms. The highest BCUT2D eigenvalue weighted by Gasteiger charge is 2.19. The highest BCUT2D eigenvalue weighted by atomic mass is 32.1. The summed E-state index contributed by atoms with van der Waals surface area (Å²) in [6.07, 6.45) is 7.68. The van der Waals surface area contributed by atoms with Crippen LogP contribution in [-0.4, -0.2) is 26.6 Å². The molecule has 0 aromatic carbocycles. The van der Waals surface area contributed by atoms with Crippen LogP contribution in [-0.2, 0) is 17.7 Å². The molecule has 5 nitrogen and oxygen atoms in total. The third-order valence-corrected chi connectivity index (χ3v) is 6.04. The molecule has 0 unspecified atom stereocenters. The lowest BCUT2D eigenvalue weighted by Gasteiger charge is -2.10. The smallest absolute Gasteiger partial charge is 0.348 e. The van der Waals surface area contributed by atoms with Gasteiger partial charge in [-0.3, -0.25) is 0 Å². The Morgan fingerprint density at radius 1 is 1.25 bits per heavy atom. The Morgan fingerprint density at radius 3 is 2.79 bits per heavy atom. The Hall–Kier alpha value is -2.47. The van der Waals surface area contributed by atoms with Crippen LogP contribution >= 0.6 is 11.3 Å². The average Bonchev–Trinajstić information content (AvgIpc) is 3.38. The van der Waals surface area contributed by atoms with Gasteiger partial charge in [0.1, 0.15) is 22.3 Å². The van der Waals surface area contributed by atoms with E-state index in [1.54, 1.807) is 0 Å². The van der Waals surface area contributed by atoms with Crippen LogP contribution in [0.2, 0.25) is 0 Å². The Labute approximate surface area is 169 Å². The van der Waals surface area contributed by atoms with Crippen LogP contribution in [0.3, 0.4) is 0 Å². The van der Waals surface area contributed by atoms with E-state index in [-0.39, 0.29) is 12.1 Å². The fourth-order valence-electron chi connectivity index (χ4n) is 3.66.